The molecule has 0 aliphatic rings. The van der Waals surface area contributed by atoms with E-state index in [4.69, 9.17) is 5.11 Å². The largest absolute Gasteiger partial charge is 0.508 e. The first-order valence-corrected chi connectivity index (χ1v) is 6.49. The van der Waals surface area contributed by atoms with Crippen LogP contribution in [0.3, 0.4) is 0 Å². The summed E-state index contributed by atoms with van der Waals surface area (Å²) >= 11 is 0. The Morgan fingerprint density at radius 2 is 1.95 bits per heavy atom. The first kappa shape index (κ1) is 16.0. The second-order valence-corrected chi connectivity index (χ2v) is 6.08. The zero-order chi connectivity index (χ0) is 15.3. The zero-order valence-electron chi connectivity index (χ0n) is 12.0. The summed E-state index contributed by atoms with van der Waals surface area (Å²) in [5, 5.41) is 21.0. The molecular formula is C15H21NO4. The number of nitrogens with one attached hydrogen (secondary N) is 1. The molecule has 0 radical (unpaired) electrons. The molecule has 1 rings (SSSR count). The Balaban J connectivity index is 2.78. The van der Waals surface area contributed by atoms with Crippen molar-refractivity contribution >= 4 is 11.9 Å². The number of benzene rings is 1. The third-order valence-electron chi connectivity index (χ3n) is 2.72. The minimum Gasteiger partial charge on any atom is -0.508 e. The highest BCUT2D eigenvalue weighted by Gasteiger charge is 2.23. The number of rotatable bonds is 5. The van der Waals surface area contributed by atoms with Crippen molar-refractivity contribution in [3.05, 3.63) is 29.8 Å². The predicted molar refractivity (Wildman–Crippen MR) is 75.7 cm³/mol. The Labute approximate surface area is 118 Å². The summed E-state index contributed by atoms with van der Waals surface area (Å²) in [7, 11) is 0. The molecule has 1 aromatic carbocycles. The summed E-state index contributed by atoms with van der Waals surface area (Å²) in [5.74, 6) is -1.32. The summed E-state index contributed by atoms with van der Waals surface area (Å²) in [4.78, 5) is 22.9. The zero-order valence-corrected chi connectivity index (χ0v) is 12.0. The van der Waals surface area contributed by atoms with Gasteiger partial charge in [-0.2, -0.15) is 0 Å². The molecular weight excluding hydrogens is 258 g/mol. The topological polar surface area (TPSA) is 86.6 Å². The van der Waals surface area contributed by atoms with Gasteiger partial charge in [-0.3, -0.25) is 9.59 Å². The normalized spacial score (nSPS) is 12.8. The van der Waals surface area contributed by atoms with Crippen LogP contribution in [0.25, 0.3) is 0 Å². The molecule has 0 spiro atoms. The van der Waals surface area contributed by atoms with Gasteiger partial charge in [0.05, 0.1) is 6.42 Å². The highest BCUT2D eigenvalue weighted by molar-refractivity contribution is 5.95. The standard InChI is InChI=1S/C15H21NO4/c1-15(2,3)9-11(8-13(18)19)16-14(20)10-5-4-6-12(17)7-10/h4-7,11,17H,8-9H2,1-3H3,(H,16,20)(H,18,19). The molecule has 0 heterocycles. The van der Waals surface area contributed by atoms with E-state index in [9.17, 15) is 14.7 Å². The van der Waals surface area contributed by atoms with Gasteiger partial charge in [-0.15, -0.1) is 0 Å². The molecule has 3 N–H and O–H groups in total. The number of amides is 1. The van der Waals surface area contributed by atoms with Crippen LogP contribution in [-0.2, 0) is 4.79 Å². The van der Waals surface area contributed by atoms with Crippen LogP contribution in [-0.4, -0.2) is 28.1 Å². The molecule has 0 fully saturated rings. The predicted octanol–water partition coefficient (Wildman–Crippen LogP) is 2.40. The van der Waals surface area contributed by atoms with Crippen LogP contribution in [0.1, 0.15) is 44.0 Å². The maximum Gasteiger partial charge on any atom is 0.305 e. The molecule has 0 bridgehead atoms. The van der Waals surface area contributed by atoms with E-state index in [2.05, 4.69) is 5.32 Å². The smallest absolute Gasteiger partial charge is 0.305 e. The molecule has 5 heteroatoms. The molecule has 0 aromatic heterocycles. The maximum absolute atomic E-state index is 12.1. The number of carboxylic acid groups (broad SMARTS) is 1. The summed E-state index contributed by atoms with van der Waals surface area (Å²) in [6, 6.07) is 5.53. The fourth-order valence-electron chi connectivity index (χ4n) is 2.04. The Bertz CT molecular complexity index is 491. The average molecular weight is 279 g/mol. The second-order valence-electron chi connectivity index (χ2n) is 6.08. The van der Waals surface area contributed by atoms with Gasteiger partial charge >= 0.3 is 5.97 Å². The van der Waals surface area contributed by atoms with Crippen LogP contribution in [0.2, 0.25) is 0 Å². The SMILES string of the molecule is CC(C)(C)CC(CC(=O)O)NC(=O)c1cccc(O)c1. The molecule has 0 aliphatic carbocycles. The lowest BCUT2D eigenvalue weighted by Crippen LogP contribution is -2.39. The Morgan fingerprint density at radius 3 is 2.45 bits per heavy atom. The molecule has 1 amide bonds. The summed E-state index contributed by atoms with van der Waals surface area (Å²) in [6.45, 7) is 5.97. The molecule has 1 aromatic rings. The monoisotopic (exact) mass is 279 g/mol. The van der Waals surface area contributed by atoms with E-state index in [1.807, 2.05) is 20.8 Å². The summed E-state index contributed by atoms with van der Waals surface area (Å²) < 4.78 is 0. The number of carbonyl (C=O) groups is 2. The van der Waals surface area contributed by atoms with E-state index in [-0.39, 0.29) is 23.5 Å². The van der Waals surface area contributed by atoms with Gasteiger partial charge in [0.2, 0.25) is 0 Å². The van der Waals surface area contributed by atoms with Gasteiger partial charge < -0.3 is 15.5 Å². The number of hydrogen-bond acceptors (Lipinski definition) is 3. The average Bonchev–Trinajstić information content (AvgIpc) is 2.25. The Morgan fingerprint density at radius 1 is 1.30 bits per heavy atom. The van der Waals surface area contributed by atoms with Crippen LogP contribution in [0.4, 0.5) is 0 Å². The quantitative estimate of drug-likeness (QED) is 0.772. The van der Waals surface area contributed by atoms with Crippen LogP contribution in [0.5, 0.6) is 5.75 Å². The van der Waals surface area contributed by atoms with Crippen molar-refractivity contribution in [2.45, 2.75) is 39.7 Å². The maximum atomic E-state index is 12.1. The highest BCUT2D eigenvalue weighted by Crippen LogP contribution is 2.22. The van der Waals surface area contributed by atoms with Gasteiger partial charge in [0.1, 0.15) is 5.75 Å². The van der Waals surface area contributed by atoms with E-state index < -0.39 is 12.0 Å². The fraction of sp³-hybridized carbons (Fsp3) is 0.467. The van der Waals surface area contributed by atoms with Gasteiger partial charge in [0.25, 0.3) is 5.91 Å². The number of phenolic OH excluding ortho intramolecular Hbond substituents is 1. The van der Waals surface area contributed by atoms with Gasteiger partial charge in [0, 0.05) is 11.6 Å². The van der Waals surface area contributed by atoms with Crippen molar-refractivity contribution in [2.24, 2.45) is 5.41 Å². The minimum atomic E-state index is -0.949. The highest BCUT2D eigenvalue weighted by atomic mass is 16.4. The summed E-state index contributed by atoms with van der Waals surface area (Å²) in [6.07, 6.45) is 0.436. The van der Waals surface area contributed by atoms with Crippen LogP contribution in [0, 0.1) is 5.41 Å². The number of carbonyl (C=O) groups excluding carboxylic acids is 1. The van der Waals surface area contributed by atoms with E-state index in [0.29, 0.717) is 12.0 Å². The molecule has 0 aliphatic heterocycles. The van der Waals surface area contributed by atoms with Crippen molar-refractivity contribution in [3.63, 3.8) is 0 Å². The summed E-state index contributed by atoms with van der Waals surface area (Å²) in [5.41, 5.74) is 0.223. The van der Waals surface area contributed by atoms with E-state index in [1.165, 1.54) is 12.1 Å². The van der Waals surface area contributed by atoms with Gasteiger partial charge in [-0.1, -0.05) is 26.8 Å². The van der Waals surface area contributed by atoms with Gasteiger partial charge in [0.15, 0.2) is 0 Å². The van der Waals surface area contributed by atoms with E-state index >= 15 is 0 Å². The number of phenols is 1. The first-order valence-electron chi connectivity index (χ1n) is 6.49. The van der Waals surface area contributed by atoms with E-state index in [1.54, 1.807) is 12.1 Å². The van der Waals surface area contributed by atoms with Crippen molar-refractivity contribution < 1.29 is 19.8 Å². The van der Waals surface area contributed by atoms with Gasteiger partial charge in [-0.25, -0.2) is 0 Å². The van der Waals surface area contributed by atoms with Crippen LogP contribution >= 0.6 is 0 Å². The van der Waals surface area contributed by atoms with Crippen molar-refractivity contribution in [1.82, 2.24) is 5.32 Å². The number of carboxylic acids is 1. The Kier molecular flexibility index (Phi) is 5.13. The minimum absolute atomic E-state index is 0.00301. The lowest BCUT2D eigenvalue weighted by Gasteiger charge is -2.25. The Hall–Kier alpha value is -2.04. The van der Waals surface area contributed by atoms with Gasteiger partial charge in [-0.05, 0) is 30.0 Å². The third kappa shape index (κ3) is 5.73. The van der Waals surface area contributed by atoms with Crippen molar-refractivity contribution in [2.75, 3.05) is 0 Å². The number of aliphatic carboxylic acids is 1. The first-order chi connectivity index (χ1) is 9.17. The lowest BCUT2D eigenvalue weighted by atomic mass is 9.87. The molecule has 1 unspecified atom stereocenters. The van der Waals surface area contributed by atoms with Crippen LogP contribution < -0.4 is 5.32 Å². The number of aromatic hydroxyl groups is 1. The van der Waals surface area contributed by atoms with Crippen molar-refractivity contribution in [3.8, 4) is 5.75 Å². The molecule has 110 valence electrons. The lowest BCUT2D eigenvalue weighted by molar-refractivity contribution is -0.137. The molecule has 0 saturated carbocycles. The molecule has 0 saturated heterocycles. The molecule has 1 atom stereocenters. The van der Waals surface area contributed by atoms with Crippen molar-refractivity contribution in [1.29, 1.82) is 0 Å². The molecule has 20 heavy (non-hydrogen) atoms. The fourth-order valence-corrected chi connectivity index (χ4v) is 2.04. The third-order valence-corrected chi connectivity index (χ3v) is 2.72. The molecule has 5 nitrogen and oxygen atoms in total. The second kappa shape index (κ2) is 6.41. The van der Waals surface area contributed by atoms with E-state index in [0.717, 1.165) is 0 Å². The number of hydrogen-bond donors (Lipinski definition) is 3. The van der Waals surface area contributed by atoms with Crippen LogP contribution in [0.15, 0.2) is 24.3 Å².